The molecule has 122 valence electrons. The highest BCUT2D eigenvalue weighted by atomic mass is 16.5. The number of hydrogen-bond donors (Lipinski definition) is 2. The smallest absolute Gasteiger partial charge is 0.324 e. The lowest BCUT2D eigenvalue weighted by Crippen LogP contribution is -2.20. The molecule has 0 aliphatic carbocycles. The van der Waals surface area contributed by atoms with E-state index in [-0.39, 0.29) is 6.03 Å². The Labute approximate surface area is 139 Å². The molecule has 2 amide bonds. The summed E-state index contributed by atoms with van der Waals surface area (Å²) in [5.74, 6) is 1.12. The molecule has 6 heteroatoms. The van der Waals surface area contributed by atoms with Crippen LogP contribution in [0, 0.1) is 0 Å². The first-order valence-electron chi connectivity index (χ1n) is 7.77. The van der Waals surface area contributed by atoms with Gasteiger partial charge in [0.2, 0.25) is 0 Å². The van der Waals surface area contributed by atoms with Crippen molar-refractivity contribution >= 4 is 28.4 Å². The van der Waals surface area contributed by atoms with E-state index in [4.69, 9.17) is 4.74 Å². The molecule has 0 radical (unpaired) electrons. The maximum absolute atomic E-state index is 12.2. The van der Waals surface area contributed by atoms with Crippen molar-refractivity contribution in [3.8, 4) is 5.75 Å². The quantitative estimate of drug-likeness (QED) is 0.742. The minimum atomic E-state index is -0.372. The number of anilines is 2. The number of carbonyl (C=O) groups excluding carboxylic acids is 1. The summed E-state index contributed by atoms with van der Waals surface area (Å²) in [7, 11) is 0. The van der Waals surface area contributed by atoms with Gasteiger partial charge in [-0.25, -0.2) is 9.78 Å². The summed E-state index contributed by atoms with van der Waals surface area (Å²) < 4.78 is 5.63. The third-order valence-corrected chi connectivity index (χ3v) is 3.33. The number of para-hydroxylation sites is 2. The van der Waals surface area contributed by atoms with Crippen LogP contribution in [-0.2, 0) is 0 Å². The summed E-state index contributed by atoms with van der Waals surface area (Å²) in [6.45, 7) is 2.63. The zero-order valence-corrected chi connectivity index (χ0v) is 13.3. The van der Waals surface area contributed by atoms with Crippen molar-refractivity contribution < 1.29 is 9.53 Å². The van der Waals surface area contributed by atoms with Crippen LogP contribution in [0.5, 0.6) is 5.75 Å². The Morgan fingerprint density at radius 2 is 2.00 bits per heavy atom. The van der Waals surface area contributed by atoms with E-state index in [1.165, 1.54) is 0 Å². The van der Waals surface area contributed by atoms with Gasteiger partial charge in [-0.3, -0.25) is 10.3 Å². The number of carbonyl (C=O) groups is 1. The fourth-order valence-electron chi connectivity index (χ4n) is 2.21. The van der Waals surface area contributed by atoms with Crippen LogP contribution in [0.4, 0.5) is 16.3 Å². The van der Waals surface area contributed by atoms with Crippen LogP contribution in [0.15, 0.2) is 54.9 Å². The Hall–Kier alpha value is -3.15. The predicted molar refractivity (Wildman–Crippen MR) is 94.4 cm³/mol. The molecule has 0 aliphatic heterocycles. The first kappa shape index (κ1) is 15.7. The predicted octanol–water partition coefficient (Wildman–Crippen LogP) is 4.06. The minimum absolute atomic E-state index is 0.372. The van der Waals surface area contributed by atoms with Gasteiger partial charge < -0.3 is 10.1 Å². The van der Waals surface area contributed by atoms with Gasteiger partial charge in [0.25, 0.3) is 0 Å². The van der Waals surface area contributed by atoms with Gasteiger partial charge in [0.05, 0.1) is 17.8 Å². The van der Waals surface area contributed by atoms with Gasteiger partial charge in [0, 0.05) is 17.8 Å². The molecule has 3 rings (SSSR count). The molecule has 1 aromatic carbocycles. The molecule has 2 aromatic heterocycles. The van der Waals surface area contributed by atoms with Crippen LogP contribution < -0.4 is 15.4 Å². The lowest BCUT2D eigenvalue weighted by molar-refractivity contribution is 0.261. The summed E-state index contributed by atoms with van der Waals surface area (Å²) in [5.41, 5.74) is 1.39. The average Bonchev–Trinajstić information content (AvgIpc) is 2.61. The Balaban J connectivity index is 1.71. The number of urea groups is 1. The SMILES string of the molecule is CCCOc1ccccc1NC(=O)Nc1ccc2cnccc2n1. The number of nitrogens with one attached hydrogen (secondary N) is 2. The standard InChI is InChI=1S/C18H18N4O2/c1-2-11-24-16-6-4-3-5-15(16)21-18(23)22-17-8-7-13-12-19-10-9-14(13)20-17/h3-10,12H,2,11H2,1H3,(H2,20,21,22,23). The average molecular weight is 322 g/mol. The molecule has 0 aliphatic rings. The maximum atomic E-state index is 12.2. The number of amides is 2. The molecule has 6 nitrogen and oxygen atoms in total. The molecule has 3 aromatic rings. The number of fused-ring (bicyclic) bond motifs is 1. The normalized spacial score (nSPS) is 10.4. The molecule has 0 spiro atoms. The second-order valence-corrected chi connectivity index (χ2v) is 5.19. The first-order valence-corrected chi connectivity index (χ1v) is 7.77. The summed E-state index contributed by atoms with van der Waals surface area (Å²) >= 11 is 0. The summed E-state index contributed by atoms with van der Waals surface area (Å²) in [4.78, 5) is 20.6. The molecule has 0 saturated carbocycles. The van der Waals surface area contributed by atoms with Crippen LogP contribution in [0.25, 0.3) is 10.9 Å². The fraction of sp³-hybridized carbons (Fsp3) is 0.167. The highest BCUT2D eigenvalue weighted by Gasteiger charge is 2.08. The molecule has 0 saturated heterocycles. The number of pyridine rings is 2. The summed E-state index contributed by atoms with van der Waals surface area (Å²) in [6, 6.07) is 12.4. The van der Waals surface area contributed by atoms with Crippen molar-refractivity contribution in [1.82, 2.24) is 9.97 Å². The molecule has 0 fully saturated rings. The van der Waals surface area contributed by atoms with Gasteiger partial charge in [-0.2, -0.15) is 0 Å². The number of ether oxygens (including phenoxy) is 1. The third-order valence-electron chi connectivity index (χ3n) is 3.33. The highest BCUT2D eigenvalue weighted by molar-refractivity contribution is 6.00. The number of aromatic nitrogens is 2. The molecule has 2 heterocycles. The Kier molecular flexibility index (Phi) is 4.86. The molecule has 0 bridgehead atoms. The van der Waals surface area contributed by atoms with Crippen LogP contribution in [0.3, 0.4) is 0 Å². The largest absolute Gasteiger partial charge is 0.491 e. The minimum Gasteiger partial charge on any atom is -0.491 e. The zero-order chi connectivity index (χ0) is 16.8. The van der Waals surface area contributed by atoms with Crippen molar-refractivity contribution in [3.05, 3.63) is 54.9 Å². The van der Waals surface area contributed by atoms with Gasteiger partial charge >= 0.3 is 6.03 Å². The highest BCUT2D eigenvalue weighted by Crippen LogP contribution is 2.24. The molecular weight excluding hydrogens is 304 g/mol. The van der Waals surface area contributed by atoms with Crippen molar-refractivity contribution in [2.24, 2.45) is 0 Å². The van der Waals surface area contributed by atoms with E-state index in [0.29, 0.717) is 23.9 Å². The van der Waals surface area contributed by atoms with E-state index in [1.807, 2.05) is 31.2 Å². The Morgan fingerprint density at radius 3 is 2.88 bits per heavy atom. The Bertz CT molecular complexity index is 851. The molecule has 24 heavy (non-hydrogen) atoms. The fourth-order valence-corrected chi connectivity index (χ4v) is 2.21. The molecule has 0 atom stereocenters. The van der Waals surface area contributed by atoms with Crippen LogP contribution in [0.2, 0.25) is 0 Å². The number of rotatable bonds is 5. The van der Waals surface area contributed by atoms with E-state index in [0.717, 1.165) is 17.3 Å². The Morgan fingerprint density at radius 1 is 1.12 bits per heavy atom. The number of hydrogen-bond acceptors (Lipinski definition) is 4. The van der Waals surface area contributed by atoms with E-state index in [2.05, 4.69) is 20.6 Å². The molecule has 0 unspecified atom stereocenters. The monoisotopic (exact) mass is 322 g/mol. The number of nitrogens with zero attached hydrogens (tertiary/aromatic N) is 2. The van der Waals surface area contributed by atoms with E-state index in [1.54, 1.807) is 30.6 Å². The van der Waals surface area contributed by atoms with Gasteiger partial charge in [-0.05, 0) is 36.8 Å². The van der Waals surface area contributed by atoms with Crippen LogP contribution in [-0.4, -0.2) is 22.6 Å². The maximum Gasteiger partial charge on any atom is 0.324 e. The van der Waals surface area contributed by atoms with Gasteiger partial charge in [0.1, 0.15) is 11.6 Å². The lowest BCUT2D eigenvalue weighted by Gasteiger charge is -2.12. The number of benzene rings is 1. The van der Waals surface area contributed by atoms with Gasteiger partial charge in [-0.1, -0.05) is 19.1 Å². The topological polar surface area (TPSA) is 76.1 Å². The van der Waals surface area contributed by atoms with E-state index >= 15 is 0 Å². The van der Waals surface area contributed by atoms with Crippen molar-refractivity contribution in [2.45, 2.75) is 13.3 Å². The second-order valence-electron chi connectivity index (χ2n) is 5.19. The molecular formula is C18H18N4O2. The van der Waals surface area contributed by atoms with Crippen LogP contribution >= 0.6 is 0 Å². The first-order chi connectivity index (χ1) is 11.8. The zero-order valence-electron chi connectivity index (χ0n) is 13.3. The van der Waals surface area contributed by atoms with E-state index in [9.17, 15) is 4.79 Å². The van der Waals surface area contributed by atoms with Crippen molar-refractivity contribution in [1.29, 1.82) is 0 Å². The van der Waals surface area contributed by atoms with E-state index < -0.39 is 0 Å². The second kappa shape index (κ2) is 7.41. The molecule has 2 N–H and O–H groups in total. The summed E-state index contributed by atoms with van der Waals surface area (Å²) in [5, 5.41) is 6.44. The van der Waals surface area contributed by atoms with Gasteiger partial charge in [-0.15, -0.1) is 0 Å². The lowest BCUT2D eigenvalue weighted by atomic mass is 10.3. The summed E-state index contributed by atoms with van der Waals surface area (Å²) in [6.07, 6.45) is 4.30. The van der Waals surface area contributed by atoms with Crippen molar-refractivity contribution in [3.63, 3.8) is 0 Å². The van der Waals surface area contributed by atoms with Gasteiger partial charge in [0.15, 0.2) is 0 Å². The third kappa shape index (κ3) is 3.78. The van der Waals surface area contributed by atoms with Crippen molar-refractivity contribution in [2.75, 3.05) is 17.2 Å². The van der Waals surface area contributed by atoms with Crippen LogP contribution in [0.1, 0.15) is 13.3 Å².